The summed E-state index contributed by atoms with van der Waals surface area (Å²) in [7, 11) is 1.20. The lowest BCUT2D eigenvalue weighted by atomic mass is 10.00. The van der Waals surface area contributed by atoms with Crippen molar-refractivity contribution in [2.45, 2.75) is 71.7 Å². The highest BCUT2D eigenvalue weighted by Crippen LogP contribution is 2.27. The number of carbonyl (C=O) groups excluding carboxylic acids is 4. The molecule has 0 spiro atoms. The molecule has 10 heteroatoms. The number of rotatable bonds is 9. The van der Waals surface area contributed by atoms with Gasteiger partial charge in [0.15, 0.2) is 0 Å². The van der Waals surface area contributed by atoms with Gasteiger partial charge in [0.05, 0.1) is 7.11 Å². The molecular weight excluding hydrogens is 430 g/mol. The number of methoxy groups -OCH3 is 1. The van der Waals surface area contributed by atoms with E-state index in [-0.39, 0.29) is 12.3 Å². The zero-order valence-electron chi connectivity index (χ0n) is 20.3. The molecule has 184 valence electrons. The number of phenols is 1. The van der Waals surface area contributed by atoms with E-state index in [1.807, 2.05) is 6.92 Å². The van der Waals surface area contributed by atoms with Crippen LogP contribution in [0.3, 0.4) is 0 Å². The van der Waals surface area contributed by atoms with Crippen LogP contribution in [0.2, 0.25) is 0 Å². The molecule has 0 saturated carbocycles. The summed E-state index contributed by atoms with van der Waals surface area (Å²) in [5.74, 6) is -1.77. The second kappa shape index (κ2) is 12.1. The third-order valence-corrected chi connectivity index (χ3v) is 4.79. The molecule has 1 rings (SSSR count). The number of ether oxygens (including phenoxy) is 2. The predicted molar refractivity (Wildman–Crippen MR) is 121 cm³/mol. The first kappa shape index (κ1) is 27.7. The van der Waals surface area contributed by atoms with E-state index in [4.69, 9.17) is 4.74 Å². The van der Waals surface area contributed by atoms with Crippen LogP contribution in [0.5, 0.6) is 5.75 Å². The number of alkyl carbamates (subject to hydrolysis) is 1. The molecule has 3 amide bonds. The van der Waals surface area contributed by atoms with Gasteiger partial charge in [-0.05, 0) is 58.7 Å². The molecule has 3 N–H and O–H groups in total. The van der Waals surface area contributed by atoms with Crippen LogP contribution in [-0.4, -0.2) is 65.2 Å². The van der Waals surface area contributed by atoms with Gasteiger partial charge >= 0.3 is 12.1 Å². The average Bonchev–Trinajstić information content (AvgIpc) is 2.73. The molecule has 10 nitrogen and oxygen atoms in total. The number of nitrogens with one attached hydrogen (secondary N) is 2. The summed E-state index contributed by atoms with van der Waals surface area (Å²) >= 11 is 0. The Morgan fingerprint density at radius 2 is 1.67 bits per heavy atom. The highest BCUT2D eigenvalue weighted by molar-refractivity contribution is 5.93. The number of amides is 3. The first-order valence-corrected chi connectivity index (χ1v) is 10.8. The van der Waals surface area contributed by atoms with Gasteiger partial charge in [0.1, 0.15) is 30.0 Å². The monoisotopic (exact) mass is 465 g/mol. The molecule has 0 heterocycles. The summed E-state index contributed by atoms with van der Waals surface area (Å²) in [6, 6.07) is 3.32. The first-order valence-electron chi connectivity index (χ1n) is 10.8. The molecule has 0 bridgehead atoms. The Bertz CT molecular complexity index is 833. The third-order valence-electron chi connectivity index (χ3n) is 4.79. The standard InChI is InChI=1S/C23H35N3O7/c1-8-14(2)26(21(30)15(3)25-22(31)33-23(4,5)6)19(16-9-11-17(27)12-10-16)20(29)24-13-18(28)32-7/h9-12,14-15,19,27H,8,13H2,1-7H3,(H,24,29)(H,25,31). The van der Waals surface area contributed by atoms with Crippen LogP contribution in [0.25, 0.3) is 0 Å². The van der Waals surface area contributed by atoms with E-state index in [2.05, 4.69) is 15.4 Å². The van der Waals surface area contributed by atoms with E-state index in [0.717, 1.165) is 0 Å². The lowest BCUT2D eigenvalue weighted by molar-refractivity contribution is -0.146. The van der Waals surface area contributed by atoms with Crippen molar-refractivity contribution < 1.29 is 33.8 Å². The summed E-state index contributed by atoms with van der Waals surface area (Å²) in [5.41, 5.74) is -0.320. The zero-order chi connectivity index (χ0) is 25.3. The van der Waals surface area contributed by atoms with Crippen molar-refractivity contribution in [3.8, 4) is 5.75 Å². The Morgan fingerprint density at radius 1 is 1.09 bits per heavy atom. The number of nitrogens with zero attached hydrogens (tertiary/aromatic N) is 1. The Hall–Kier alpha value is -3.30. The highest BCUT2D eigenvalue weighted by atomic mass is 16.6. The van der Waals surface area contributed by atoms with Crippen molar-refractivity contribution in [2.24, 2.45) is 0 Å². The lowest BCUT2D eigenvalue weighted by Gasteiger charge is -2.37. The van der Waals surface area contributed by atoms with Crippen LogP contribution in [0.4, 0.5) is 4.79 Å². The van der Waals surface area contributed by atoms with E-state index in [9.17, 15) is 24.3 Å². The van der Waals surface area contributed by atoms with Crippen molar-refractivity contribution >= 4 is 23.9 Å². The number of aromatic hydroxyl groups is 1. The maximum Gasteiger partial charge on any atom is 0.408 e. The molecule has 0 fully saturated rings. The minimum absolute atomic E-state index is 0.00570. The summed E-state index contributed by atoms with van der Waals surface area (Å²) in [4.78, 5) is 51.7. The number of carbonyl (C=O) groups is 4. The van der Waals surface area contributed by atoms with Crippen molar-refractivity contribution in [1.82, 2.24) is 15.5 Å². The van der Waals surface area contributed by atoms with Gasteiger partial charge in [0.2, 0.25) is 11.8 Å². The van der Waals surface area contributed by atoms with Gasteiger partial charge in [-0.2, -0.15) is 0 Å². The van der Waals surface area contributed by atoms with Crippen LogP contribution in [-0.2, 0) is 23.9 Å². The minimum atomic E-state index is -1.12. The van der Waals surface area contributed by atoms with Gasteiger partial charge in [-0.15, -0.1) is 0 Å². The number of phenolic OH excluding ortho intramolecular Hbond substituents is 1. The SMILES string of the molecule is CCC(C)N(C(=O)C(C)NC(=O)OC(C)(C)C)C(C(=O)NCC(=O)OC)c1ccc(O)cc1. The molecule has 3 unspecified atom stereocenters. The van der Waals surface area contributed by atoms with Gasteiger partial charge in [-0.1, -0.05) is 19.1 Å². The molecule has 1 aromatic carbocycles. The fourth-order valence-electron chi connectivity index (χ4n) is 2.99. The highest BCUT2D eigenvalue weighted by Gasteiger charge is 2.37. The molecule has 33 heavy (non-hydrogen) atoms. The van der Waals surface area contributed by atoms with Gasteiger partial charge in [0.25, 0.3) is 0 Å². The normalized spacial score (nSPS) is 13.8. The topological polar surface area (TPSA) is 134 Å². The molecule has 0 aliphatic carbocycles. The van der Waals surface area contributed by atoms with E-state index in [1.54, 1.807) is 27.7 Å². The van der Waals surface area contributed by atoms with Crippen LogP contribution in [0.15, 0.2) is 24.3 Å². The van der Waals surface area contributed by atoms with Gasteiger partial charge in [-0.25, -0.2) is 4.79 Å². The van der Waals surface area contributed by atoms with Gasteiger partial charge in [-0.3, -0.25) is 14.4 Å². The molecule has 0 radical (unpaired) electrons. The molecule has 1 aromatic rings. The molecule has 0 saturated heterocycles. The molecule has 0 aliphatic rings. The lowest BCUT2D eigenvalue weighted by Crippen LogP contribution is -2.54. The van der Waals surface area contributed by atoms with Crippen molar-refractivity contribution in [2.75, 3.05) is 13.7 Å². The minimum Gasteiger partial charge on any atom is -0.508 e. The van der Waals surface area contributed by atoms with Crippen LogP contribution in [0.1, 0.15) is 59.6 Å². The molecule has 0 aliphatic heterocycles. The number of hydrogen-bond donors (Lipinski definition) is 3. The smallest absolute Gasteiger partial charge is 0.408 e. The largest absolute Gasteiger partial charge is 0.508 e. The Kier molecular flexibility index (Phi) is 10.2. The summed E-state index contributed by atoms with van der Waals surface area (Å²) in [5, 5.41) is 14.7. The van der Waals surface area contributed by atoms with Crippen molar-refractivity contribution in [3.05, 3.63) is 29.8 Å². The Balaban J connectivity index is 3.31. The zero-order valence-corrected chi connectivity index (χ0v) is 20.3. The van der Waals surface area contributed by atoms with Crippen molar-refractivity contribution in [3.63, 3.8) is 0 Å². The fraction of sp³-hybridized carbons (Fsp3) is 0.565. The fourth-order valence-corrected chi connectivity index (χ4v) is 2.99. The summed E-state index contributed by atoms with van der Waals surface area (Å²) in [6.07, 6.45) is -0.243. The van der Waals surface area contributed by atoms with E-state index in [0.29, 0.717) is 12.0 Å². The third kappa shape index (κ3) is 8.63. The summed E-state index contributed by atoms with van der Waals surface area (Å²) < 4.78 is 9.80. The van der Waals surface area contributed by atoms with E-state index < -0.39 is 47.6 Å². The van der Waals surface area contributed by atoms with Crippen molar-refractivity contribution in [1.29, 1.82) is 0 Å². The van der Waals surface area contributed by atoms with E-state index >= 15 is 0 Å². The van der Waals surface area contributed by atoms with Crippen LogP contribution < -0.4 is 10.6 Å². The first-order chi connectivity index (χ1) is 15.3. The van der Waals surface area contributed by atoms with E-state index in [1.165, 1.54) is 43.2 Å². The second-order valence-corrected chi connectivity index (χ2v) is 8.66. The predicted octanol–water partition coefficient (Wildman–Crippen LogP) is 2.26. The maximum atomic E-state index is 13.5. The Labute approximate surface area is 194 Å². The molecule has 3 atom stereocenters. The number of esters is 1. The van der Waals surface area contributed by atoms with Crippen LogP contribution in [0, 0.1) is 0 Å². The van der Waals surface area contributed by atoms with Crippen LogP contribution >= 0.6 is 0 Å². The number of hydrogen-bond acceptors (Lipinski definition) is 7. The maximum absolute atomic E-state index is 13.5. The Morgan fingerprint density at radius 3 is 2.15 bits per heavy atom. The summed E-state index contributed by atoms with van der Waals surface area (Å²) in [6.45, 7) is 9.88. The average molecular weight is 466 g/mol. The second-order valence-electron chi connectivity index (χ2n) is 8.66. The number of benzene rings is 1. The quantitative estimate of drug-likeness (QED) is 0.476. The molecule has 0 aromatic heterocycles. The van der Waals surface area contributed by atoms with Gasteiger partial charge < -0.3 is 30.1 Å². The van der Waals surface area contributed by atoms with Gasteiger partial charge in [0, 0.05) is 6.04 Å². The molecular formula is C23H35N3O7.